The van der Waals surface area contributed by atoms with E-state index in [2.05, 4.69) is 26.0 Å². The third-order valence-electron chi connectivity index (χ3n) is 8.48. The van der Waals surface area contributed by atoms with Gasteiger partial charge in [0.15, 0.2) is 5.82 Å². The second-order valence-corrected chi connectivity index (χ2v) is 13.5. The van der Waals surface area contributed by atoms with Crippen molar-refractivity contribution >= 4 is 60.7 Å². The maximum atomic E-state index is 14.5. The lowest BCUT2D eigenvalue weighted by atomic mass is 9.73. The summed E-state index contributed by atoms with van der Waals surface area (Å²) in [6.07, 6.45) is 7.50. The smallest absolute Gasteiger partial charge is 0.151 e. The van der Waals surface area contributed by atoms with Crippen LogP contribution in [0.5, 0.6) is 0 Å². The first-order chi connectivity index (χ1) is 18.3. The highest BCUT2D eigenvalue weighted by Crippen LogP contribution is 2.57. The molecule has 4 aromatic rings. The number of fused-ring (bicyclic) bond motifs is 3. The Morgan fingerprint density at radius 1 is 1.13 bits per heavy atom. The molecule has 3 aliphatic rings. The molecule has 1 N–H and O–H groups in total. The second-order valence-electron chi connectivity index (χ2n) is 10.8. The molecule has 2 aromatic heterocycles. The zero-order valence-electron chi connectivity index (χ0n) is 20.3. The number of aromatic nitrogens is 3. The Morgan fingerprint density at radius 3 is 2.53 bits per heavy atom. The van der Waals surface area contributed by atoms with Crippen LogP contribution in [0.2, 0.25) is 10.0 Å². The molecular formula is C28H25BrCl2FN3O2S. The van der Waals surface area contributed by atoms with E-state index in [4.69, 9.17) is 27.9 Å². The highest BCUT2D eigenvalue weighted by atomic mass is 79.9. The van der Waals surface area contributed by atoms with Gasteiger partial charge in [-0.05, 0) is 86.1 Å². The van der Waals surface area contributed by atoms with Crippen molar-refractivity contribution in [1.82, 2.24) is 14.8 Å². The molecule has 0 unspecified atom stereocenters. The molecule has 3 fully saturated rings. The van der Waals surface area contributed by atoms with Crippen molar-refractivity contribution in [1.29, 1.82) is 0 Å². The van der Waals surface area contributed by atoms with Crippen molar-refractivity contribution in [2.75, 3.05) is 0 Å². The van der Waals surface area contributed by atoms with Gasteiger partial charge in [0.1, 0.15) is 21.8 Å². The first kappa shape index (κ1) is 25.4. The number of hydrogen-bond donors (Lipinski definition) is 1. The van der Waals surface area contributed by atoms with Gasteiger partial charge in [-0.2, -0.15) is 5.10 Å². The Morgan fingerprint density at radius 2 is 1.84 bits per heavy atom. The average Bonchev–Trinajstić information content (AvgIpc) is 3.46. The van der Waals surface area contributed by atoms with Gasteiger partial charge in [-0.1, -0.05) is 45.2 Å². The number of benzene rings is 2. The fraction of sp³-hybridized carbons (Fsp3) is 0.429. The lowest BCUT2D eigenvalue weighted by molar-refractivity contribution is -0.116. The minimum atomic E-state index is -1.05. The number of hydrogen-bond acceptors (Lipinski definition) is 5. The van der Waals surface area contributed by atoms with E-state index in [0.717, 1.165) is 48.9 Å². The van der Waals surface area contributed by atoms with Crippen LogP contribution in [-0.2, 0) is 16.9 Å². The lowest BCUT2D eigenvalue weighted by Gasteiger charge is -2.41. The number of para-hydroxylation sites is 1. The zero-order chi connectivity index (χ0) is 26.2. The molecule has 3 aliphatic carbocycles. The van der Waals surface area contributed by atoms with Crippen LogP contribution in [0.4, 0.5) is 4.39 Å². The molecule has 0 saturated heterocycles. The highest BCUT2D eigenvalue weighted by molar-refractivity contribution is 9.10. The number of ether oxygens (including phenoxy) is 1. The largest absolute Gasteiger partial charge is 0.382 e. The number of rotatable bonds is 6. The van der Waals surface area contributed by atoms with Gasteiger partial charge in [-0.3, -0.25) is 0 Å². The Labute approximate surface area is 242 Å². The summed E-state index contributed by atoms with van der Waals surface area (Å²) in [5.74, 6) is 0.163. The third-order valence-corrected chi connectivity index (χ3v) is 10.7. The van der Waals surface area contributed by atoms with E-state index in [9.17, 15) is 9.50 Å². The van der Waals surface area contributed by atoms with Crippen LogP contribution in [0.15, 0.2) is 41.0 Å². The summed E-state index contributed by atoms with van der Waals surface area (Å²) in [6, 6.07) is 8.75. The summed E-state index contributed by atoms with van der Waals surface area (Å²) in [6.45, 7) is 0.399. The van der Waals surface area contributed by atoms with Gasteiger partial charge >= 0.3 is 0 Å². The standard InChI is InChI=1S/C28H25BrCl2FN3O2S/c29-17-10-22(32)25-24(11-17)38-27(34-25)28(36)15-6-7-16(28)9-18(8-15)37-13-23-19(14-4-5-14)12-33-35(23)26-20(30)2-1-3-21(26)31/h1-3,10-12,14-16,18,36H,4-9,13H2/t15-,16+,18+,28-. The van der Waals surface area contributed by atoms with Gasteiger partial charge < -0.3 is 9.84 Å². The van der Waals surface area contributed by atoms with E-state index in [-0.39, 0.29) is 23.8 Å². The van der Waals surface area contributed by atoms with Crippen LogP contribution in [-0.4, -0.2) is 26.0 Å². The fourth-order valence-electron chi connectivity index (χ4n) is 6.46. The van der Waals surface area contributed by atoms with E-state index in [1.54, 1.807) is 0 Å². The molecule has 10 heteroatoms. The van der Waals surface area contributed by atoms with E-state index >= 15 is 0 Å². The molecule has 0 aliphatic heterocycles. The van der Waals surface area contributed by atoms with E-state index in [1.165, 1.54) is 23.0 Å². The summed E-state index contributed by atoms with van der Waals surface area (Å²) < 4.78 is 24.4. The molecule has 5 nitrogen and oxygen atoms in total. The van der Waals surface area contributed by atoms with Crippen molar-refractivity contribution < 1.29 is 14.2 Å². The number of halogens is 4. The molecule has 3 saturated carbocycles. The minimum absolute atomic E-state index is 0.00477. The molecule has 2 aromatic carbocycles. The molecule has 198 valence electrons. The molecule has 4 atom stereocenters. The summed E-state index contributed by atoms with van der Waals surface area (Å²) in [5.41, 5.74) is 2.14. The summed E-state index contributed by atoms with van der Waals surface area (Å²) in [7, 11) is 0. The SMILES string of the molecule is O[C@]1(c2nc3c(F)cc(Br)cc3s2)[C@@H]2CC[C@H]1C[C@@H](OCc1c(C3CC3)cnn1-c1c(Cl)cccc1Cl)C2. The lowest BCUT2D eigenvalue weighted by Crippen LogP contribution is -2.44. The van der Waals surface area contributed by atoms with Gasteiger partial charge in [-0.15, -0.1) is 11.3 Å². The normalized spacial score (nSPS) is 26.9. The van der Waals surface area contributed by atoms with Crippen LogP contribution in [0.1, 0.15) is 60.7 Å². The number of nitrogens with zero attached hydrogens (tertiary/aromatic N) is 3. The van der Waals surface area contributed by atoms with Crippen LogP contribution in [0.25, 0.3) is 15.9 Å². The second kappa shape index (κ2) is 9.53. The van der Waals surface area contributed by atoms with Crippen molar-refractivity contribution in [3.8, 4) is 5.69 Å². The van der Waals surface area contributed by atoms with Crippen LogP contribution >= 0.6 is 50.5 Å². The van der Waals surface area contributed by atoms with Crippen molar-refractivity contribution in [2.24, 2.45) is 11.8 Å². The van der Waals surface area contributed by atoms with Crippen molar-refractivity contribution in [3.63, 3.8) is 0 Å². The topological polar surface area (TPSA) is 60.2 Å². The van der Waals surface area contributed by atoms with Gasteiger partial charge in [-0.25, -0.2) is 14.1 Å². The first-order valence-electron chi connectivity index (χ1n) is 12.9. The molecule has 0 spiro atoms. The number of thiazole rings is 1. The zero-order valence-corrected chi connectivity index (χ0v) is 24.3. The summed E-state index contributed by atoms with van der Waals surface area (Å²) >= 11 is 17.8. The van der Waals surface area contributed by atoms with E-state index in [1.807, 2.05) is 35.1 Å². The average molecular weight is 637 g/mol. The van der Waals surface area contributed by atoms with E-state index < -0.39 is 5.60 Å². The fourth-order valence-corrected chi connectivity index (χ4v) is 8.87. The summed E-state index contributed by atoms with van der Waals surface area (Å²) in [5, 5.41) is 18.3. The monoisotopic (exact) mass is 635 g/mol. The highest BCUT2D eigenvalue weighted by Gasteiger charge is 2.56. The van der Waals surface area contributed by atoms with Crippen molar-refractivity contribution in [2.45, 2.75) is 62.8 Å². The number of aliphatic hydroxyl groups is 1. The minimum Gasteiger partial charge on any atom is -0.382 e. The predicted molar refractivity (Wildman–Crippen MR) is 151 cm³/mol. The molecular weight excluding hydrogens is 612 g/mol. The predicted octanol–water partition coefficient (Wildman–Crippen LogP) is 8.16. The third kappa shape index (κ3) is 4.14. The maximum Gasteiger partial charge on any atom is 0.151 e. The molecule has 0 amide bonds. The van der Waals surface area contributed by atoms with Gasteiger partial charge in [0.25, 0.3) is 0 Å². The molecule has 7 rings (SSSR count). The van der Waals surface area contributed by atoms with E-state index in [0.29, 0.717) is 43.3 Å². The van der Waals surface area contributed by atoms with Crippen molar-refractivity contribution in [3.05, 3.63) is 73.1 Å². The Bertz CT molecular complexity index is 1520. The van der Waals surface area contributed by atoms with Crippen LogP contribution in [0, 0.1) is 17.7 Å². The molecule has 38 heavy (non-hydrogen) atoms. The Hall–Kier alpha value is -1.55. The molecule has 2 bridgehead atoms. The van der Waals surface area contributed by atoms with Gasteiger partial charge in [0.2, 0.25) is 0 Å². The van der Waals surface area contributed by atoms with Gasteiger partial charge in [0.05, 0.1) is 39.3 Å². The van der Waals surface area contributed by atoms with Gasteiger partial charge in [0, 0.05) is 4.47 Å². The molecule has 2 heterocycles. The Kier molecular flexibility index (Phi) is 6.37. The van der Waals surface area contributed by atoms with Crippen LogP contribution < -0.4 is 0 Å². The summed E-state index contributed by atoms with van der Waals surface area (Å²) in [4.78, 5) is 4.60. The maximum absolute atomic E-state index is 14.5. The quantitative estimate of drug-likeness (QED) is 0.232. The Balaban J connectivity index is 1.14. The van der Waals surface area contributed by atoms with Crippen LogP contribution in [0.3, 0.4) is 0 Å². The first-order valence-corrected chi connectivity index (χ1v) is 15.3. The molecule has 0 radical (unpaired) electrons.